The second-order valence-corrected chi connectivity index (χ2v) is 12.2. The van der Waals surface area contributed by atoms with Crippen LogP contribution in [-0.4, -0.2) is 67.1 Å². The molecule has 0 saturated carbocycles. The van der Waals surface area contributed by atoms with Gasteiger partial charge in [0.2, 0.25) is 0 Å². The third-order valence-electron chi connectivity index (χ3n) is 9.81. The third kappa shape index (κ3) is 4.92. The maximum absolute atomic E-state index is 13.1. The van der Waals surface area contributed by atoms with Crippen molar-refractivity contribution >= 4 is 41.6 Å². The Morgan fingerprint density at radius 3 is 2.28 bits per heavy atom. The Morgan fingerprint density at radius 2 is 1.61 bits per heavy atom. The van der Waals surface area contributed by atoms with Gasteiger partial charge in [-0.15, -0.1) is 0 Å². The SMILES string of the molecule is C=CC1=C(C)C(=O)N2CCn3c(c(C)c(CCC(=O)O)c3/C=C3\N=C4C=C5C(C)=C(CC)C(=O)N5CCC4=C3CCC(=O)O)C=C12. The summed E-state index contributed by atoms with van der Waals surface area (Å²) in [6.45, 7) is 13.0. The van der Waals surface area contributed by atoms with Crippen molar-refractivity contribution in [1.82, 2.24) is 14.4 Å². The molecule has 1 aromatic rings. The predicted octanol–water partition coefficient (Wildman–Crippen LogP) is 5.33. The van der Waals surface area contributed by atoms with E-state index in [1.807, 2.05) is 39.0 Å². The van der Waals surface area contributed by atoms with E-state index < -0.39 is 11.9 Å². The number of allylic oxidation sites excluding steroid dienone is 4. The fourth-order valence-corrected chi connectivity index (χ4v) is 7.41. The Bertz CT molecular complexity index is 1870. The van der Waals surface area contributed by atoms with Gasteiger partial charge in [0.05, 0.1) is 17.1 Å². The summed E-state index contributed by atoms with van der Waals surface area (Å²) in [6.07, 6.45) is 9.23. The van der Waals surface area contributed by atoms with Crippen molar-refractivity contribution in [2.24, 2.45) is 4.99 Å². The zero-order chi connectivity index (χ0) is 33.0. The van der Waals surface area contributed by atoms with Crippen LogP contribution in [0.25, 0.3) is 12.2 Å². The number of hydrogen-bond donors (Lipinski definition) is 2. The van der Waals surface area contributed by atoms with Crippen molar-refractivity contribution in [2.45, 2.75) is 72.8 Å². The summed E-state index contributed by atoms with van der Waals surface area (Å²) in [6, 6.07) is 0. The Balaban J connectivity index is 1.53. The van der Waals surface area contributed by atoms with Gasteiger partial charge in [-0.05, 0) is 92.5 Å². The number of rotatable bonds is 9. The van der Waals surface area contributed by atoms with Gasteiger partial charge >= 0.3 is 11.9 Å². The summed E-state index contributed by atoms with van der Waals surface area (Å²) in [4.78, 5) is 58.3. The van der Waals surface area contributed by atoms with Gasteiger partial charge in [0, 0.05) is 66.3 Å². The van der Waals surface area contributed by atoms with Crippen molar-refractivity contribution in [2.75, 3.05) is 13.1 Å². The molecule has 2 amide bonds. The monoisotopic (exact) mass is 622 g/mol. The number of aromatic nitrogens is 1. The number of hydrogen-bond acceptors (Lipinski definition) is 5. The van der Waals surface area contributed by atoms with Crippen LogP contribution in [0.5, 0.6) is 0 Å². The summed E-state index contributed by atoms with van der Waals surface area (Å²) < 4.78 is 2.12. The van der Waals surface area contributed by atoms with Gasteiger partial charge in [0.25, 0.3) is 11.8 Å². The molecule has 10 nitrogen and oxygen atoms in total. The topological polar surface area (TPSA) is 133 Å². The number of carbonyl (C=O) groups is 4. The highest BCUT2D eigenvalue weighted by atomic mass is 16.4. The molecule has 0 aromatic carbocycles. The fourth-order valence-electron chi connectivity index (χ4n) is 7.41. The fraction of sp³-hybridized carbons (Fsp3) is 0.361. The molecule has 0 unspecified atom stereocenters. The van der Waals surface area contributed by atoms with Gasteiger partial charge in [-0.2, -0.15) is 0 Å². The number of aliphatic carboxylic acids is 2. The van der Waals surface area contributed by atoms with Crippen LogP contribution in [0.2, 0.25) is 0 Å². The van der Waals surface area contributed by atoms with Gasteiger partial charge < -0.3 is 24.6 Å². The van der Waals surface area contributed by atoms with Crippen molar-refractivity contribution in [3.8, 4) is 0 Å². The van der Waals surface area contributed by atoms with Crippen molar-refractivity contribution in [1.29, 1.82) is 0 Å². The summed E-state index contributed by atoms with van der Waals surface area (Å²) in [5.41, 5.74) is 11.4. The van der Waals surface area contributed by atoms with Crippen molar-refractivity contribution in [3.05, 3.63) is 91.8 Å². The number of amides is 2. The summed E-state index contributed by atoms with van der Waals surface area (Å²) >= 11 is 0. The highest BCUT2D eigenvalue weighted by Gasteiger charge is 2.37. The van der Waals surface area contributed by atoms with E-state index in [1.165, 1.54) is 0 Å². The molecule has 0 aliphatic carbocycles. The summed E-state index contributed by atoms with van der Waals surface area (Å²) in [5.74, 6) is -1.85. The average Bonchev–Trinajstić information content (AvgIpc) is 3.48. The lowest BCUT2D eigenvalue weighted by Crippen LogP contribution is -2.28. The first kappa shape index (κ1) is 31.0. The molecule has 10 heteroatoms. The quantitative estimate of drug-likeness (QED) is 0.383. The molecule has 0 bridgehead atoms. The first-order valence-corrected chi connectivity index (χ1v) is 15.8. The first-order chi connectivity index (χ1) is 22.0. The van der Waals surface area contributed by atoms with Crippen LogP contribution in [0, 0.1) is 6.92 Å². The molecule has 2 N–H and O–H groups in total. The van der Waals surface area contributed by atoms with Gasteiger partial charge in [0.15, 0.2) is 0 Å². The van der Waals surface area contributed by atoms with E-state index in [0.29, 0.717) is 50.2 Å². The molecule has 5 aliphatic heterocycles. The molecule has 6 heterocycles. The standard InChI is InChI=1S/C36H38N4O6/c1-6-22-21(5)35(45)40-15-14-38-30(18-32(22)40)20(4)24(8-10-33(41)42)31(38)17-28-25(9-11-34(43)44)26-12-13-39-29(16-27(26)37-28)19(3)23(7-2)36(39)46/h6,16-18H,1,7-15H2,2-5H3,(H,41,42)(H,43,44)/b28-17-. The molecule has 0 fully saturated rings. The normalized spacial score (nSPS) is 20.0. The molecular formula is C36H38N4O6. The van der Waals surface area contributed by atoms with Gasteiger partial charge in [-0.3, -0.25) is 19.2 Å². The van der Waals surface area contributed by atoms with Crippen LogP contribution in [0.3, 0.4) is 0 Å². The molecule has 0 spiro atoms. The maximum atomic E-state index is 13.1. The van der Waals surface area contributed by atoms with E-state index in [-0.39, 0.29) is 31.1 Å². The van der Waals surface area contributed by atoms with Gasteiger partial charge in [-0.1, -0.05) is 19.6 Å². The van der Waals surface area contributed by atoms with E-state index in [1.54, 1.807) is 22.8 Å². The second-order valence-electron chi connectivity index (χ2n) is 12.2. The van der Waals surface area contributed by atoms with E-state index in [0.717, 1.165) is 67.5 Å². The average molecular weight is 623 g/mol. The molecule has 5 aliphatic rings. The van der Waals surface area contributed by atoms with Gasteiger partial charge in [0.1, 0.15) is 0 Å². The number of carboxylic acid groups (broad SMARTS) is 2. The van der Waals surface area contributed by atoms with Crippen LogP contribution in [0.15, 0.2) is 74.3 Å². The molecule has 0 radical (unpaired) electrons. The number of fused-ring (bicyclic) bond motifs is 4. The summed E-state index contributed by atoms with van der Waals surface area (Å²) in [5, 5.41) is 19.2. The molecule has 46 heavy (non-hydrogen) atoms. The molecule has 238 valence electrons. The largest absolute Gasteiger partial charge is 0.481 e. The van der Waals surface area contributed by atoms with Crippen LogP contribution >= 0.6 is 0 Å². The van der Waals surface area contributed by atoms with Crippen molar-refractivity contribution in [3.63, 3.8) is 0 Å². The third-order valence-corrected chi connectivity index (χ3v) is 9.81. The lowest BCUT2D eigenvalue weighted by Gasteiger charge is -2.18. The van der Waals surface area contributed by atoms with E-state index in [9.17, 15) is 29.4 Å². The lowest BCUT2D eigenvalue weighted by molar-refractivity contribution is -0.138. The second kappa shape index (κ2) is 11.7. The first-order valence-electron chi connectivity index (χ1n) is 15.8. The Hall–Kier alpha value is -4.99. The minimum Gasteiger partial charge on any atom is -0.481 e. The molecule has 0 saturated heterocycles. The molecular weight excluding hydrogens is 584 g/mol. The van der Waals surface area contributed by atoms with E-state index >= 15 is 0 Å². The smallest absolute Gasteiger partial charge is 0.303 e. The Morgan fingerprint density at radius 1 is 0.913 bits per heavy atom. The van der Waals surface area contributed by atoms with Crippen LogP contribution in [-0.2, 0) is 32.1 Å². The highest BCUT2D eigenvalue weighted by molar-refractivity contribution is 6.15. The highest BCUT2D eigenvalue weighted by Crippen LogP contribution is 2.41. The van der Waals surface area contributed by atoms with E-state index in [2.05, 4.69) is 11.1 Å². The Kier molecular flexibility index (Phi) is 7.92. The maximum Gasteiger partial charge on any atom is 0.303 e. The molecule has 1 aromatic heterocycles. The van der Waals surface area contributed by atoms with Gasteiger partial charge in [-0.25, -0.2) is 4.99 Å². The molecule has 6 rings (SSSR count). The number of aliphatic imine (C=N–C) groups is 1. The minimum absolute atomic E-state index is 0.0162. The van der Waals surface area contributed by atoms with Crippen LogP contribution < -0.4 is 0 Å². The predicted molar refractivity (Wildman–Crippen MR) is 174 cm³/mol. The zero-order valence-corrected chi connectivity index (χ0v) is 26.7. The minimum atomic E-state index is -0.914. The van der Waals surface area contributed by atoms with Crippen LogP contribution in [0.4, 0.5) is 0 Å². The number of carboxylic acids is 2. The van der Waals surface area contributed by atoms with Crippen molar-refractivity contribution < 1.29 is 29.4 Å². The number of nitrogens with zero attached hydrogens (tertiary/aromatic N) is 4. The van der Waals surface area contributed by atoms with E-state index in [4.69, 9.17) is 4.99 Å². The zero-order valence-electron chi connectivity index (χ0n) is 26.7. The lowest BCUT2D eigenvalue weighted by atomic mass is 9.96. The van der Waals surface area contributed by atoms with Crippen LogP contribution in [0.1, 0.15) is 75.4 Å². The number of carbonyl (C=O) groups excluding carboxylic acids is 2. The Labute approximate surface area is 267 Å². The summed E-state index contributed by atoms with van der Waals surface area (Å²) in [7, 11) is 0. The molecule has 0 atom stereocenters.